The molecule has 4 N–H and O–H groups in total. The molecule has 1 aliphatic heterocycles. The summed E-state index contributed by atoms with van der Waals surface area (Å²) in [5.41, 5.74) is 14.9. The van der Waals surface area contributed by atoms with Gasteiger partial charge in [-0.05, 0) is 47.6 Å². The average Bonchev–Trinajstić information content (AvgIpc) is 3.53. The second-order valence-electron chi connectivity index (χ2n) is 9.17. The maximum Gasteiger partial charge on any atom is 0.198 e. The Labute approximate surface area is 194 Å². The van der Waals surface area contributed by atoms with Crippen LogP contribution in [-0.4, -0.2) is 19.9 Å². The number of aromatic amines is 2. The molecule has 7 rings (SSSR count). The van der Waals surface area contributed by atoms with Gasteiger partial charge in [-0.2, -0.15) is 0 Å². The van der Waals surface area contributed by atoms with Gasteiger partial charge in [0.1, 0.15) is 23.9 Å². The van der Waals surface area contributed by atoms with Gasteiger partial charge in [-0.3, -0.25) is 0 Å². The molecule has 0 unspecified atom stereocenters. The molecule has 0 atom stereocenters. The highest BCUT2D eigenvalue weighted by Crippen LogP contribution is 2.45. The summed E-state index contributed by atoms with van der Waals surface area (Å²) in [5.74, 6) is 2.76. The van der Waals surface area contributed by atoms with E-state index >= 15 is 0 Å². The summed E-state index contributed by atoms with van der Waals surface area (Å²) in [7, 11) is 0. The van der Waals surface area contributed by atoms with Crippen molar-refractivity contribution in [3.05, 3.63) is 59.2 Å². The molecule has 6 nitrogen and oxygen atoms in total. The van der Waals surface area contributed by atoms with Crippen LogP contribution in [0.4, 0.5) is 5.95 Å². The second kappa shape index (κ2) is 6.71. The lowest BCUT2D eigenvalue weighted by molar-refractivity contribution is 0.298. The molecule has 0 radical (unpaired) electrons. The van der Waals surface area contributed by atoms with Crippen molar-refractivity contribution < 1.29 is 4.74 Å². The minimum Gasteiger partial charge on any atom is -0.487 e. The number of hydrogen-bond acceptors (Lipinski definition) is 5. The van der Waals surface area contributed by atoms with E-state index in [0.717, 1.165) is 52.6 Å². The number of benzene rings is 2. The largest absolute Gasteiger partial charge is 0.487 e. The fourth-order valence-electron chi connectivity index (χ4n) is 5.03. The van der Waals surface area contributed by atoms with Crippen molar-refractivity contribution in [3.8, 4) is 38.7 Å². The zero-order valence-electron chi connectivity index (χ0n) is 18.5. The highest BCUT2D eigenvalue weighted by Gasteiger charge is 2.25. The third-order valence-electron chi connectivity index (χ3n) is 6.70. The van der Waals surface area contributed by atoms with Crippen molar-refractivity contribution in [2.45, 2.75) is 39.2 Å². The molecule has 2 aliphatic rings. The van der Waals surface area contributed by atoms with Gasteiger partial charge in [-0.25, -0.2) is 9.97 Å². The molecular weight excluding hydrogens is 430 g/mol. The second-order valence-corrected chi connectivity index (χ2v) is 10.2. The first-order valence-electron chi connectivity index (χ1n) is 11.3. The third-order valence-corrected chi connectivity index (χ3v) is 7.96. The average molecular weight is 454 g/mol. The van der Waals surface area contributed by atoms with E-state index in [1.807, 2.05) is 11.3 Å². The lowest BCUT2D eigenvalue weighted by Gasteiger charge is -2.17. The van der Waals surface area contributed by atoms with E-state index in [4.69, 9.17) is 15.5 Å². The van der Waals surface area contributed by atoms with Crippen LogP contribution in [0.25, 0.3) is 43.0 Å². The topological polar surface area (TPSA) is 92.6 Å². The van der Waals surface area contributed by atoms with Gasteiger partial charge in [-0.15, -0.1) is 11.3 Å². The number of imidazole rings is 2. The zero-order valence-corrected chi connectivity index (χ0v) is 19.3. The van der Waals surface area contributed by atoms with Crippen LogP contribution < -0.4 is 10.5 Å². The molecule has 5 aromatic rings. The van der Waals surface area contributed by atoms with Crippen molar-refractivity contribution in [1.29, 1.82) is 0 Å². The summed E-state index contributed by atoms with van der Waals surface area (Å²) in [4.78, 5) is 17.3. The van der Waals surface area contributed by atoms with Gasteiger partial charge in [0.15, 0.2) is 5.95 Å². The van der Waals surface area contributed by atoms with E-state index in [-0.39, 0.29) is 0 Å². The summed E-state index contributed by atoms with van der Waals surface area (Å²) < 4.78 is 7.38. The first-order valence-corrected chi connectivity index (χ1v) is 12.1. The molecule has 0 bridgehead atoms. The predicted octanol–water partition coefficient (Wildman–Crippen LogP) is 6.05. The Bertz CT molecular complexity index is 1570. The van der Waals surface area contributed by atoms with E-state index in [0.29, 0.717) is 18.5 Å². The smallest absolute Gasteiger partial charge is 0.198 e. The Hall–Kier alpha value is -3.58. The maximum atomic E-state index is 6.02. The number of nitrogens with two attached hydrogens (primary N) is 1. The monoisotopic (exact) mass is 453 g/mol. The van der Waals surface area contributed by atoms with E-state index in [1.54, 1.807) is 0 Å². The molecular formula is C26H23N5OS. The van der Waals surface area contributed by atoms with Crippen molar-refractivity contribution >= 4 is 27.4 Å². The van der Waals surface area contributed by atoms with E-state index in [2.05, 4.69) is 65.2 Å². The summed E-state index contributed by atoms with van der Waals surface area (Å²) in [6.45, 7) is 4.83. The van der Waals surface area contributed by atoms with Crippen molar-refractivity contribution in [1.82, 2.24) is 19.9 Å². The maximum absolute atomic E-state index is 6.02. The van der Waals surface area contributed by atoms with Crippen molar-refractivity contribution in [2.75, 3.05) is 5.73 Å². The number of thiophene rings is 1. The summed E-state index contributed by atoms with van der Waals surface area (Å²) in [6, 6.07) is 13.1. The number of nitrogens with one attached hydrogen (secondary N) is 2. The standard InChI is InChI=1S/C26H23N5OS/c1-12(2)25-28-18-8-7-16-15(22(18)30-25)5-4-14-10-21(33-24(14)16)13-3-6-17-20(9-13)32-11-19-23(17)31-26(27)29-19/h3-6,9-10,12H,7-8,11H2,1-2H3,(H,28,30)(H3,27,29,31). The quantitative estimate of drug-likeness (QED) is 0.304. The summed E-state index contributed by atoms with van der Waals surface area (Å²) in [5, 5.41) is 1.29. The number of nitrogen functional groups attached to an aromatic ring is 1. The number of H-pyrrole nitrogens is 2. The van der Waals surface area contributed by atoms with Gasteiger partial charge >= 0.3 is 0 Å². The molecule has 3 aromatic heterocycles. The lowest BCUT2D eigenvalue weighted by atomic mass is 9.91. The van der Waals surface area contributed by atoms with Crippen LogP contribution in [-0.2, 0) is 19.4 Å². The predicted molar refractivity (Wildman–Crippen MR) is 133 cm³/mol. The van der Waals surface area contributed by atoms with Gasteiger partial charge in [0.05, 0.1) is 11.4 Å². The zero-order chi connectivity index (χ0) is 22.3. The molecule has 2 aromatic carbocycles. The fraction of sp³-hybridized carbons (Fsp3) is 0.231. The minimum absolute atomic E-state index is 0.399. The van der Waals surface area contributed by atoms with Gasteiger partial charge in [-0.1, -0.05) is 32.0 Å². The number of fused-ring (bicyclic) bond motifs is 8. The lowest BCUT2D eigenvalue weighted by Crippen LogP contribution is -2.05. The van der Waals surface area contributed by atoms with Gasteiger partial charge in [0.25, 0.3) is 0 Å². The highest BCUT2D eigenvalue weighted by molar-refractivity contribution is 7.22. The molecule has 7 heteroatoms. The van der Waals surface area contributed by atoms with Crippen LogP contribution >= 0.6 is 11.3 Å². The first-order chi connectivity index (χ1) is 16.0. The first kappa shape index (κ1) is 18.9. The molecule has 0 spiro atoms. The van der Waals surface area contributed by atoms with Crippen LogP contribution in [0.1, 0.15) is 42.5 Å². The molecule has 33 heavy (non-hydrogen) atoms. The van der Waals surface area contributed by atoms with Gasteiger partial charge < -0.3 is 20.4 Å². The Morgan fingerprint density at radius 2 is 1.82 bits per heavy atom. The minimum atomic E-state index is 0.399. The van der Waals surface area contributed by atoms with Crippen LogP contribution in [0.3, 0.4) is 0 Å². The van der Waals surface area contributed by atoms with Crippen LogP contribution in [0.2, 0.25) is 0 Å². The molecule has 0 saturated heterocycles. The Balaban J connectivity index is 1.32. The summed E-state index contributed by atoms with van der Waals surface area (Å²) in [6.07, 6.45) is 2.05. The molecule has 0 saturated carbocycles. The Morgan fingerprint density at radius 3 is 2.70 bits per heavy atom. The summed E-state index contributed by atoms with van der Waals surface area (Å²) >= 11 is 1.86. The number of hydrogen-bond donors (Lipinski definition) is 3. The normalized spacial score (nSPS) is 14.0. The molecule has 164 valence electrons. The van der Waals surface area contributed by atoms with Crippen LogP contribution in [0.5, 0.6) is 5.75 Å². The van der Waals surface area contributed by atoms with Crippen LogP contribution in [0, 0.1) is 0 Å². The molecule has 0 amide bonds. The van der Waals surface area contributed by atoms with E-state index in [9.17, 15) is 0 Å². The number of aromatic nitrogens is 4. The Morgan fingerprint density at radius 1 is 0.970 bits per heavy atom. The molecule has 1 aliphatic carbocycles. The number of ether oxygens (including phenoxy) is 1. The number of nitrogens with zero attached hydrogens (tertiary/aromatic N) is 2. The van der Waals surface area contributed by atoms with E-state index in [1.165, 1.54) is 31.8 Å². The van der Waals surface area contributed by atoms with Crippen molar-refractivity contribution in [3.63, 3.8) is 0 Å². The SMILES string of the molecule is CC(C)c1nc2c([nH]1)CCc1c-2ccc2cc(-c3ccc4c(c3)OCc3[nH]c(N)nc3-4)sc12. The van der Waals surface area contributed by atoms with Gasteiger partial charge in [0, 0.05) is 32.3 Å². The molecule has 0 fully saturated rings. The van der Waals surface area contributed by atoms with Crippen LogP contribution in [0.15, 0.2) is 36.4 Å². The van der Waals surface area contributed by atoms with Crippen molar-refractivity contribution in [2.24, 2.45) is 0 Å². The highest BCUT2D eigenvalue weighted by atomic mass is 32.1. The Kier molecular flexibility index (Phi) is 3.85. The molecule has 4 heterocycles. The van der Waals surface area contributed by atoms with E-state index < -0.39 is 0 Å². The third kappa shape index (κ3) is 2.78. The van der Waals surface area contributed by atoms with Gasteiger partial charge in [0.2, 0.25) is 0 Å². The number of aryl methyl sites for hydroxylation is 2. The number of anilines is 1. The fourth-order valence-corrected chi connectivity index (χ4v) is 6.26. The number of rotatable bonds is 2.